The summed E-state index contributed by atoms with van der Waals surface area (Å²) < 4.78 is -0.0402. The predicted octanol–water partition coefficient (Wildman–Crippen LogP) is 0.730. The molecule has 2 atom stereocenters. The second-order valence-corrected chi connectivity index (χ2v) is 6.80. The number of piperidine rings is 1. The highest BCUT2D eigenvalue weighted by atomic mass is 16.4. The van der Waals surface area contributed by atoms with Crippen molar-refractivity contribution in [2.45, 2.75) is 58.0 Å². The van der Waals surface area contributed by atoms with E-state index in [0.29, 0.717) is 19.5 Å². The van der Waals surface area contributed by atoms with Crippen LogP contribution in [0.25, 0.3) is 0 Å². The lowest BCUT2D eigenvalue weighted by Crippen LogP contribution is -2.72. The summed E-state index contributed by atoms with van der Waals surface area (Å²) in [6.07, 6.45) is 2.24. The Kier molecular flexibility index (Phi) is 3.60. The quantitative estimate of drug-likeness (QED) is 0.659. The second-order valence-electron chi connectivity index (χ2n) is 6.80. The molecule has 0 aromatic carbocycles. The Morgan fingerprint density at radius 2 is 2.05 bits per heavy atom. The van der Waals surface area contributed by atoms with E-state index in [1.54, 1.807) is 0 Å². The van der Waals surface area contributed by atoms with E-state index in [1.807, 2.05) is 25.7 Å². The molecule has 0 N–H and O–H groups in total. The van der Waals surface area contributed by atoms with Crippen molar-refractivity contribution < 1.29 is 19.2 Å². The van der Waals surface area contributed by atoms with Gasteiger partial charge in [0.25, 0.3) is 6.09 Å². The van der Waals surface area contributed by atoms with Gasteiger partial charge in [-0.25, -0.2) is 0 Å². The number of hydrogen-bond acceptors (Lipinski definition) is 3. The van der Waals surface area contributed by atoms with Crippen LogP contribution in [0, 0.1) is 0 Å². The van der Waals surface area contributed by atoms with Crippen LogP contribution in [0.4, 0.5) is 4.79 Å². The summed E-state index contributed by atoms with van der Waals surface area (Å²) in [6, 6.07) is 0.0564. The maximum atomic E-state index is 11.9. The number of carbonyl (C=O) groups is 2. The van der Waals surface area contributed by atoms with Gasteiger partial charge >= 0.3 is 0 Å². The van der Waals surface area contributed by atoms with Gasteiger partial charge in [-0.3, -0.25) is 9.28 Å². The molecule has 2 fully saturated rings. The van der Waals surface area contributed by atoms with Crippen molar-refractivity contribution in [3.8, 4) is 0 Å². The highest BCUT2D eigenvalue weighted by Crippen LogP contribution is 2.33. The zero-order chi connectivity index (χ0) is 14.3. The fourth-order valence-electron chi connectivity index (χ4n) is 3.50. The molecule has 0 saturated carbocycles. The summed E-state index contributed by atoms with van der Waals surface area (Å²) in [5, 5.41) is 11.7. The molecule has 0 bridgehead atoms. The van der Waals surface area contributed by atoms with E-state index in [9.17, 15) is 14.7 Å². The van der Waals surface area contributed by atoms with E-state index in [1.165, 1.54) is 0 Å². The number of likely N-dealkylation sites (tertiary alicyclic amines) is 2. The van der Waals surface area contributed by atoms with Gasteiger partial charge in [0.1, 0.15) is 6.54 Å². The summed E-state index contributed by atoms with van der Waals surface area (Å²) in [5.74, 6) is 0.178. The Morgan fingerprint density at radius 3 is 2.53 bits per heavy atom. The molecular formula is C14H24N2O3. The molecule has 0 aliphatic carbocycles. The van der Waals surface area contributed by atoms with E-state index >= 15 is 0 Å². The lowest BCUT2D eigenvalue weighted by Gasteiger charge is -2.53. The zero-order valence-corrected chi connectivity index (χ0v) is 12.1. The van der Waals surface area contributed by atoms with Crippen LogP contribution in [0.2, 0.25) is 0 Å². The largest absolute Gasteiger partial charge is 0.498 e. The van der Waals surface area contributed by atoms with Crippen molar-refractivity contribution >= 4 is 12.0 Å². The van der Waals surface area contributed by atoms with E-state index < -0.39 is 11.6 Å². The van der Waals surface area contributed by atoms with Gasteiger partial charge in [-0.05, 0) is 40.0 Å². The normalized spacial score (nSPS) is 32.7. The molecule has 2 saturated heterocycles. The SMILES string of the molecule is CC(C)(C)[N+]1(C(=O)[O-])CCC[C@H](N2CCCC2=O)C1. The lowest BCUT2D eigenvalue weighted by molar-refractivity contribution is -0.925. The summed E-state index contributed by atoms with van der Waals surface area (Å²) in [5.41, 5.74) is -0.403. The zero-order valence-electron chi connectivity index (χ0n) is 12.1. The van der Waals surface area contributed by atoms with Gasteiger partial charge in [-0.2, -0.15) is 0 Å². The molecule has 2 aliphatic rings. The molecule has 2 aliphatic heterocycles. The Labute approximate surface area is 114 Å². The van der Waals surface area contributed by atoms with Crippen LogP contribution in [0.3, 0.4) is 0 Å². The molecule has 5 heteroatoms. The lowest BCUT2D eigenvalue weighted by atomic mass is 9.93. The fraction of sp³-hybridized carbons (Fsp3) is 0.857. The van der Waals surface area contributed by atoms with Gasteiger partial charge in [0.2, 0.25) is 5.91 Å². The Morgan fingerprint density at radius 1 is 1.37 bits per heavy atom. The molecule has 108 valence electrons. The van der Waals surface area contributed by atoms with Gasteiger partial charge in [0, 0.05) is 13.0 Å². The second kappa shape index (κ2) is 4.78. The Balaban J connectivity index is 2.23. The molecule has 19 heavy (non-hydrogen) atoms. The summed E-state index contributed by atoms with van der Waals surface area (Å²) in [4.78, 5) is 25.5. The van der Waals surface area contributed by atoms with Crippen LogP contribution in [0.15, 0.2) is 0 Å². The van der Waals surface area contributed by atoms with Crippen LogP contribution < -0.4 is 5.11 Å². The number of carbonyl (C=O) groups excluding carboxylic acids is 2. The smallest absolute Gasteiger partial charge is 0.257 e. The van der Waals surface area contributed by atoms with Crippen molar-refractivity contribution in [1.82, 2.24) is 4.90 Å². The van der Waals surface area contributed by atoms with Crippen molar-refractivity contribution in [3.63, 3.8) is 0 Å². The number of nitrogens with zero attached hydrogens (tertiary/aromatic N) is 2. The Bertz CT molecular complexity index is 389. The molecule has 0 radical (unpaired) electrons. The minimum atomic E-state index is -1.01. The molecule has 2 rings (SSSR count). The molecule has 2 heterocycles. The van der Waals surface area contributed by atoms with Crippen LogP contribution in [0.1, 0.15) is 46.5 Å². The van der Waals surface area contributed by atoms with Crippen LogP contribution in [-0.4, -0.2) is 52.6 Å². The summed E-state index contributed by atoms with van der Waals surface area (Å²) >= 11 is 0. The minimum absolute atomic E-state index is 0.0402. The third-order valence-electron chi connectivity index (χ3n) is 4.78. The average Bonchev–Trinajstić information content (AvgIpc) is 2.74. The molecule has 1 unspecified atom stereocenters. The number of hydrogen-bond donors (Lipinski definition) is 0. The van der Waals surface area contributed by atoms with Gasteiger partial charge in [-0.15, -0.1) is 0 Å². The molecule has 0 aromatic rings. The molecule has 2 amide bonds. The predicted molar refractivity (Wildman–Crippen MR) is 69.1 cm³/mol. The first-order chi connectivity index (χ1) is 8.78. The maximum Gasteiger partial charge on any atom is 0.257 e. The first-order valence-corrected chi connectivity index (χ1v) is 7.16. The highest BCUT2D eigenvalue weighted by molar-refractivity contribution is 5.78. The van der Waals surface area contributed by atoms with Gasteiger partial charge in [-0.1, -0.05) is 0 Å². The van der Waals surface area contributed by atoms with Gasteiger partial charge in [0.15, 0.2) is 0 Å². The fourth-order valence-corrected chi connectivity index (χ4v) is 3.50. The van der Waals surface area contributed by atoms with Crippen molar-refractivity contribution in [2.75, 3.05) is 19.6 Å². The number of amides is 2. The summed E-state index contributed by atoms with van der Waals surface area (Å²) in [6.45, 7) is 7.69. The van der Waals surface area contributed by atoms with E-state index in [-0.39, 0.29) is 16.4 Å². The number of quaternary nitrogens is 1. The first-order valence-electron chi connectivity index (χ1n) is 7.16. The monoisotopic (exact) mass is 268 g/mol. The van der Waals surface area contributed by atoms with Crippen molar-refractivity contribution in [2.24, 2.45) is 0 Å². The third-order valence-corrected chi connectivity index (χ3v) is 4.78. The van der Waals surface area contributed by atoms with Crippen molar-refractivity contribution in [3.05, 3.63) is 0 Å². The van der Waals surface area contributed by atoms with Gasteiger partial charge in [0.05, 0.1) is 18.1 Å². The minimum Gasteiger partial charge on any atom is -0.498 e. The van der Waals surface area contributed by atoms with Crippen LogP contribution in [-0.2, 0) is 4.79 Å². The molecule has 0 aromatic heterocycles. The molecule has 0 spiro atoms. The Hall–Kier alpha value is -1.10. The van der Waals surface area contributed by atoms with Crippen molar-refractivity contribution in [1.29, 1.82) is 0 Å². The van der Waals surface area contributed by atoms with E-state index in [4.69, 9.17) is 0 Å². The topological polar surface area (TPSA) is 60.4 Å². The van der Waals surface area contributed by atoms with Crippen LogP contribution in [0.5, 0.6) is 0 Å². The number of carboxylic acid groups (broad SMARTS) is 1. The highest BCUT2D eigenvalue weighted by Gasteiger charge is 2.48. The van der Waals surface area contributed by atoms with Gasteiger partial charge < -0.3 is 14.8 Å². The van der Waals surface area contributed by atoms with E-state index in [0.717, 1.165) is 25.8 Å². The maximum absolute atomic E-state index is 11.9. The average molecular weight is 268 g/mol. The standard InChI is InChI=1S/C14H24N2O3/c1-14(2,3)16(13(18)19)9-5-6-11(10-16)15-8-4-7-12(15)17/h11H,4-10H2,1-3H3/t11-,16?/m0/s1. The summed E-state index contributed by atoms with van der Waals surface area (Å²) in [7, 11) is 0. The van der Waals surface area contributed by atoms with Crippen LogP contribution >= 0.6 is 0 Å². The first kappa shape index (κ1) is 14.3. The molecule has 5 nitrogen and oxygen atoms in total. The molecular weight excluding hydrogens is 244 g/mol. The van der Waals surface area contributed by atoms with E-state index in [2.05, 4.69) is 0 Å². The third kappa shape index (κ3) is 2.36. The number of rotatable bonds is 1.